The van der Waals surface area contributed by atoms with E-state index in [9.17, 15) is 9.59 Å². The monoisotopic (exact) mass is 329 g/mol. The number of carbonyl (C=O) groups is 2. The van der Waals surface area contributed by atoms with E-state index >= 15 is 0 Å². The number of nitrogens with zero attached hydrogens (tertiary/aromatic N) is 1. The average molecular weight is 329 g/mol. The quantitative estimate of drug-likeness (QED) is 0.755. The van der Waals surface area contributed by atoms with Crippen molar-refractivity contribution in [2.24, 2.45) is 0 Å². The Morgan fingerprint density at radius 2 is 1.83 bits per heavy atom. The first kappa shape index (κ1) is 17.4. The van der Waals surface area contributed by atoms with Gasteiger partial charge in [0.1, 0.15) is 11.4 Å². The molecule has 0 saturated heterocycles. The van der Waals surface area contributed by atoms with Crippen molar-refractivity contribution < 1.29 is 19.1 Å². The zero-order valence-corrected chi connectivity index (χ0v) is 13.5. The summed E-state index contributed by atoms with van der Waals surface area (Å²) < 4.78 is 9.93. The van der Waals surface area contributed by atoms with Gasteiger partial charge in [0.15, 0.2) is 0 Å². The number of nitrogens with one attached hydrogen (secondary N) is 2. The molecule has 0 aliphatic rings. The van der Waals surface area contributed by atoms with Crippen LogP contribution in [0.3, 0.4) is 0 Å². The third kappa shape index (κ3) is 4.79. The smallest absolute Gasteiger partial charge is 0.269 e. The molecule has 2 rings (SSSR count). The molecule has 0 saturated carbocycles. The van der Waals surface area contributed by atoms with E-state index < -0.39 is 0 Å². The second-order valence-corrected chi connectivity index (χ2v) is 4.86. The number of ether oxygens (including phenoxy) is 2. The second-order valence-electron chi connectivity index (χ2n) is 4.86. The molecule has 0 spiro atoms. The van der Waals surface area contributed by atoms with Crippen LogP contribution in [0.25, 0.3) is 0 Å². The number of methoxy groups -OCH3 is 2. The van der Waals surface area contributed by atoms with Crippen molar-refractivity contribution in [3.05, 3.63) is 53.9 Å². The number of carbonyl (C=O) groups excluding carboxylic acids is 2. The van der Waals surface area contributed by atoms with Gasteiger partial charge in [0.25, 0.3) is 11.8 Å². The number of rotatable bonds is 7. The van der Waals surface area contributed by atoms with E-state index in [4.69, 9.17) is 9.47 Å². The Morgan fingerprint density at radius 3 is 2.50 bits per heavy atom. The van der Waals surface area contributed by atoms with Gasteiger partial charge in [-0.05, 0) is 36.4 Å². The molecule has 2 aromatic rings. The van der Waals surface area contributed by atoms with Gasteiger partial charge < -0.3 is 20.1 Å². The lowest BCUT2D eigenvalue weighted by atomic mass is 10.2. The van der Waals surface area contributed by atoms with Gasteiger partial charge in [-0.1, -0.05) is 0 Å². The summed E-state index contributed by atoms with van der Waals surface area (Å²) in [5.41, 5.74) is 1.15. The molecule has 1 aromatic heterocycles. The number of pyridine rings is 1. The maximum Gasteiger partial charge on any atom is 0.269 e. The fourth-order valence-corrected chi connectivity index (χ4v) is 1.93. The Morgan fingerprint density at radius 1 is 1.08 bits per heavy atom. The number of aromatic nitrogens is 1. The van der Waals surface area contributed by atoms with E-state index in [0.29, 0.717) is 30.2 Å². The predicted molar refractivity (Wildman–Crippen MR) is 89.4 cm³/mol. The van der Waals surface area contributed by atoms with E-state index in [2.05, 4.69) is 15.6 Å². The lowest BCUT2D eigenvalue weighted by Gasteiger charge is -2.08. The summed E-state index contributed by atoms with van der Waals surface area (Å²) in [7, 11) is 3.12. The number of hydrogen-bond acceptors (Lipinski definition) is 5. The first-order valence-corrected chi connectivity index (χ1v) is 7.32. The van der Waals surface area contributed by atoms with Crippen LogP contribution < -0.4 is 15.4 Å². The minimum absolute atomic E-state index is 0.175. The van der Waals surface area contributed by atoms with E-state index in [-0.39, 0.29) is 17.5 Å². The van der Waals surface area contributed by atoms with Gasteiger partial charge in [0.05, 0.1) is 13.7 Å². The van der Waals surface area contributed by atoms with Gasteiger partial charge in [0, 0.05) is 31.1 Å². The van der Waals surface area contributed by atoms with Crippen LogP contribution >= 0.6 is 0 Å². The molecule has 126 valence electrons. The lowest BCUT2D eigenvalue weighted by molar-refractivity contribution is 0.0932. The molecule has 7 nitrogen and oxygen atoms in total. The summed E-state index contributed by atoms with van der Waals surface area (Å²) >= 11 is 0. The van der Waals surface area contributed by atoms with Crippen molar-refractivity contribution in [3.63, 3.8) is 0 Å². The molecular formula is C17H19N3O4. The van der Waals surface area contributed by atoms with Crippen molar-refractivity contribution >= 4 is 17.5 Å². The molecule has 0 bridgehead atoms. The fraction of sp³-hybridized carbons (Fsp3) is 0.235. The Hall–Kier alpha value is -2.93. The number of hydrogen-bond donors (Lipinski definition) is 2. The van der Waals surface area contributed by atoms with Gasteiger partial charge in [-0.2, -0.15) is 0 Å². The molecule has 24 heavy (non-hydrogen) atoms. The molecule has 0 fully saturated rings. The van der Waals surface area contributed by atoms with E-state index in [1.54, 1.807) is 44.6 Å². The standard InChI is InChI=1S/C17H19N3O4/c1-23-10-9-19-17(22)15-11-12(7-8-18-15)16(21)20-13-3-5-14(24-2)6-4-13/h3-8,11H,9-10H2,1-2H3,(H,19,22)(H,20,21). The molecule has 2 N–H and O–H groups in total. The third-order valence-electron chi connectivity index (χ3n) is 3.19. The minimum atomic E-state index is -0.355. The van der Waals surface area contributed by atoms with Crippen molar-refractivity contribution in [3.8, 4) is 5.75 Å². The fourth-order valence-electron chi connectivity index (χ4n) is 1.93. The molecule has 1 heterocycles. The summed E-state index contributed by atoms with van der Waals surface area (Å²) in [6.45, 7) is 0.780. The van der Waals surface area contributed by atoms with Crippen molar-refractivity contribution in [1.82, 2.24) is 10.3 Å². The van der Waals surface area contributed by atoms with Gasteiger partial charge >= 0.3 is 0 Å². The topological polar surface area (TPSA) is 89.5 Å². The van der Waals surface area contributed by atoms with Crippen LogP contribution in [0, 0.1) is 0 Å². The van der Waals surface area contributed by atoms with Gasteiger partial charge in [-0.25, -0.2) is 0 Å². The highest BCUT2D eigenvalue weighted by Gasteiger charge is 2.12. The largest absolute Gasteiger partial charge is 0.497 e. The molecule has 1 aromatic carbocycles. The molecule has 0 radical (unpaired) electrons. The lowest BCUT2D eigenvalue weighted by Crippen LogP contribution is -2.28. The average Bonchev–Trinajstić information content (AvgIpc) is 2.62. The highest BCUT2D eigenvalue weighted by molar-refractivity contribution is 6.05. The molecule has 0 atom stereocenters. The Kier molecular flexibility index (Phi) is 6.27. The summed E-state index contributed by atoms with van der Waals surface area (Å²) in [6.07, 6.45) is 1.42. The van der Waals surface area contributed by atoms with Gasteiger partial charge in [0.2, 0.25) is 0 Å². The van der Waals surface area contributed by atoms with Gasteiger partial charge in [-0.15, -0.1) is 0 Å². The number of benzene rings is 1. The Bertz CT molecular complexity index is 701. The molecule has 2 amide bonds. The number of anilines is 1. The maximum absolute atomic E-state index is 12.3. The van der Waals surface area contributed by atoms with Gasteiger partial charge in [-0.3, -0.25) is 14.6 Å². The van der Waals surface area contributed by atoms with E-state index in [0.717, 1.165) is 0 Å². The van der Waals surface area contributed by atoms with Crippen LogP contribution in [0.5, 0.6) is 5.75 Å². The summed E-state index contributed by atoms with van der Waals surface area (Å²) in [5.74, 6) is 0.0200. The van der Waals surface area contributed by atoms with E-state index in [1.807, 2.05) is 0 Å². The molecule has 0 unspecified atom stereocenters. The van der Waals surface area contributed by atoms with Crippen LogP contribution in [-0.2, 0) is 4.74 Å². The van der Waals surface area contributed by atoms with Crippen molar-refractivity contribution in [2.45, 2.75) is 0 Å². The number of amides is 2. The van der Waals surface area contributed by atoms with Crippen molar-refractivity contribution in [1.29, 1.82) is 0 Å². The minimum Gasteiger partial charge on any atom is -0.497 e. The first-order valence-electron chi connectivity index (χ1n) is 7.32. The highest BCUT2D eigenvalue weighted by Crippen LogP contribution is 2.16. The second kappa shape index (κ2) is 8.64. The summed E-state index contributed by atoms with van der Waals surface area (Å²) in [4.78, 5) is 28.2. The zero-order chi connectivity index (χ0) is 17.4. The van der Waals surface area contributed by atoms with Crippen LogP contribution in [0.1, 0.15) is 20.8 Å². The zero-order valence-electron chi connectivity index (χ0n) is 13.5. The molecule has 0 aliphatic carbocycles. The highest BCUT2D eigenvalue weighted by atomic mass is 16.5. The molecular weight excluding hydrogens is 310 g/mol. The Balaban J connectivity index is 2.03. The van der Waals surface area contributed by atoms with Crippen LogP contribution in [-0.4, -0.2) is 44.2 Å². The summed E-state index contributed by atoms with van der Waals surface area (Å²) in [5, 5.41) is 5.41. The molecule has 7 heteroatoms. The normalized spacial score (nSPS) is 10.1. The maximum atomic E-state index is 12.3. The van der Waals surface area contributed by atoms with E-state index in [1.165, 1.54) is 12.3 Å². The Labute approximate surface area is 140 Å². The third-order valence-corrected chi connectivity index (χ3v) is 3.19. The molecule has 0 aliphatic heterocycles. The van der Waals surface area contributed by atoms with Crippen LogP contribution in [0.15, 0.2) is 42.6 Å². The van der Waals surface area contributed by atoms with Crippen molar-refractivity contribution in [2.75, 3.05) is 32.7 Å². The summed E-state index contributed by atoms with van der Waals surface area (Å²) in [6, 6.07) is 9.95. The van der Waals surface area contributed by atoms with Crippen LogP contribution in [0.4, 0.5) is 5.69 Å². The predicted octanol–water partition coefficient (Wildman–Crippen LogP) is 1.72. The first-order chi connectivity index (χ1) is 11.6. The SMILES string of the molecule is COCCNC(=O)c1cc(C(=O)Nc2ccc(OC)cc2)ccn1. The van der Waals surface area contributed by atoms with Crippen LogP contribution in [0.2, 0.25) is 0 Å².